The van der Waals surface area contributed by atoms with Crippen LogP contribution in [0.15, 0.2) is 18.2 Å². The Kier molecular flexibility index (Phi) is 5.52. The van der Waals surface area contributed by atoms with Crippen LogP contribution in [-0.4, -0.2) is 38.4 Å². The Morgan fingerprint density at radius 3 is 2.52 bits per heavy atom. The smallest absolute Gasteiger partial charge is 0.251 e. The van der Waals surface area contributed by atoms with Gasteiger partial charge in [-0.15, -0.1) is 0 Å². The van der Waals surface area contributed by atoms with Crippen molar-refractivity contribution in [1.29, 1.82) is 0 Å². The van der Waals surface area contributed by atoms with E-state index in [1.807, 2.05) is 20.8 Å². The van der Waals surface area contributed by atoms with Crippen LogP contribution in [0.2, 0.25) is 0 Å². The van der Waals surface area contributed by atoms with Gasteiger partial charge >= 0.3 is 0 Å². The first-order valence-corrected chi connectivity index (χ1v) is 8.07. The zero-order chi connectivity index (χ0) is 17.0. The van der Waals surface area contributed by atoms with E-state index in [1.54, 1.807) is 32.4 Å². The van der Waals surface area contributed by atoms with Gasteiger partial charge < -0.3 is 19.5 Å². The van der Waals surface area contributed by atoms with Crippen molar-refractivity contribution in [3.05, 3.63) is 23.8 Å². The fraction of sp³-hybridized carbons (Fsp3) is 0.611. The van der Waals surface area contributed by atoms with Gasteiger partial charge in [-0.05, 0) is 57.7 Å². The monoisotopic (exact) mass is 321 g/mol. The summed E-state index contributed by atoms with van der Waals surface area (Å²) in [5.74, 6) is 1.59. The normalized spacial score (nSPS) is 16.8. The van der Waals surface area contributed by atoms with Gasteiger partial charge in [0, 0.05) is 19.2 Å². The first-order valence-electron chi connectivity index (χ1n) is 8.07. The second-order valence-corrected chi connectivity index (χ2v) is 6.51. The third-order valence-corrected chi connectivity index (χ3v) is 4.30. The molecule has 0 heterocycles. The number of rotatable bonds is 8. The molecule has 1 saturated carbocycles. The van der Waals surface area contributed by atoms with Crippen molar-refractivity contribution in [3.8, 4) is 11.5 Å². The maximum atomic E-state index is 12.4. The molecule has 5 nitrogen and oxygen atoms in total. The van der Waals surface area contributed by atoms with Crippen LogP contribution in [0.5, 0.6) is 11.5 Å². The molecular weight excluding hydrogens is 294 g/mol. The summed E-state index contributed by atoms with van der Waals surface area (Å²) in [7, 11) is 3.27. The van der Waals surface area contributed by atoms with Crippen LogP contribution in [0.4, 0.5) is 0 Å². The van der Waals surface area contributed by atoms with Gasteiger partial charge in [0.25, 0.3) is 5.91 Å². The van der Waals surface area contributed by atoms with Gasteiger partial charge in [0.1, 0.15) is 0 Å². The number of benzene rings is 1. The molecule has 0 saturated heterocycles. The quantitative estimate of drug-likeness (QED) is 0.799. The first kappa shape index (κ1) is 17.6. The van der Waals surface area contributed by atoms with E-state index < -0.39 is 0 Å². The van der Waals surface area contributed by atoms with E-state index in [0.29, 0.717) is 29.5 Å². The molecule has 23 heavy (non-hydrogen) atoms. The molecule has 0 bridgehead atoms. The average Bonchev–Trinajstić information content (AvgIpc) is 3.37. The van der Waals surface area contributed by atoms with Gasteiger partial charge in [-0.25, -0.2) is 0 Å². The molecule has 1 fully saturated rings. The van der Waals surface area contributed by atoms with E-state index in [4.69, 9.17) is 14.2 Å². The highest BCUT2D eigenvalue weighted by molar-refractivity contribution is 5.94. The summed E-state index contributed by atoms with van der Waals surface area (Å²) in [4.78, 5) is 12.4. The molecule has 128 valence electrons. The Labute approximate surface area is 138 Å². The lowest BCUT2D eigenvalue weighted by molar-refractivity contribution is -0.0112. The highest BCUT2D eigenvalue weighted by atomic mass is 16.5. The van der Waals surface area contributed by atoms with Crippen molar-refractivity contribution in [2.75, 3.05) is 20.8 Å². The number of carbonyl (C=O) groups is 1. The average molecular weight is 321 g/mol. The second-order valence-electron chi connectivity index (χ2n) is 6.51. The molecule has 0 unspecified atom stereocenters. The summed E-state index contributed by atoms with van der Waals surface area (Å²) in [5, 5.41) is 2.96. The van der Waals surface area contributed by atoms with Crippen LogP contribution in [0, 0.1) is 5.92 Å². The van der Waals surface area contributed by atoms with Gasteiger partial charge in [-0.3, -0.25) is 4.79 Å². The van der Waals surface area contributed by atoms with Crippen LogP contribution in [0.1, 0.15) is 44.0 Å². The lowest BCUT2D eigenvalue weighted by Gasteiger charge is -2.28. The van der Waals surface area contributed by atoms with Gasteiger partial charge in [-0.1, -0.05) is 0 Å². The maximum absolute atomic E-state index is 12.4. The summed E-state index contributed by atoms with van der Waals surface area (Å²) in [5.41, 5.74) is 0.257. The standard InChI is InChI=1S/C18H27NO4/c1-12(2)23-15-9-6-13(10-16(15)21-4)17(20)19-11-18(3,22-5)14-7-8-14/h6,9-10,12,14H,7-8,11H2,1-5H3,(H,19,20)/t18-/m0/s1. The Hall–Kier alpha value is -1.75. The SMILES string of the molecule is COc1cc(C(=O)NC[C@](C)(OC)C2CC2)ccc1OC(C)C. The number of nitrogens with one attached hydrogen (secondary N) is 1. The number of hydrogen-bond acceptors (Lipinski definition) is 4. The van der Waals surface area contributed by atoms with Crippen molar-refractivity contribution in [1.82, 2.24) is 5.32 Å². The van der Waals surface area contributed by atoms with E-state index >= 15 is 0 Å². The lowest BCUT2D eigenvalue weighted by Crippen LogP contribution is -2.43. The highest BCUT2D eigenvalue weighted by Crippen LogP contribution is 2.41. The number of carbonyl (C=O) groups excluding carboxylic acids is 1. The van der Waals surface area contributed by atoms with Crippen LogP contribution < -0.4 is 14.8 Å². The van der Waals surface area contributed by atoms with Crippen LogP contribution in [0.3, 0.4) is 0 Å². The second kappa shape index (κ2) is 7.21. The minimum atomic E-state index is -0.291. The molecular formula is C18H27NO4. The van der Waals surface area contributed by atoms with Crippen molar-refractivity contribution in [2.45, 2.75) is 45.3 Å². The predicted molar refractivity (Wildman–Crippen MR) is 89.2 cm³/mol. The van der Waals surface area contributed by atoms with Crippen molar-refractivity contribution in [3.63, 3.8) is 0 Å². The Balaban J connectivity index is 2.04. The largest absolute Gasteiger partial charge is 0.493 e. The third kappa shape index (κ3) is 4.38. The highest BCUT2D eigenvalue weighted by Gasteiger charge is 2.41. The van der Waals surface area contributed by atoms with E-state index in [2.05, 4.69) is 5.32 Å². The predicted octanol–water partition coefficient (Wildman–Crippen LogP) is 3.03. The molecule has 0 aliphatic heterocycles. The molecule has 0 spiro atoms. The van der Waals surface area contributed by atoms with Gasteiger partial charge in [0.15, 0.2) is 11.5 Å². The topological polar surface area (TPSA) is 56.8 Å². The fourth-order valence-electron chi connectivity index (χ4n) is 2.60. The number of amides is 1. The summed E-state index contributed by atoms with van der Waals surface area (Å²) in [6, 6.07) is 5.22. The van der Waals surface area contributed by atoms with Crippen LogP contribution >= 0.6 is 0 Å². The molecule has 1 atom stereocenters. The Bertz CT molecular complexity index is 554. The molecule has 1 aromatic carbocycles. The molecule has 1 aliphatic carbocycles. The third-order valence-electron chi connectivity index (χ3n) is 4.30. The lowest BCUT2D eigenvalue weighted by atomic mass is 10.00. The maximum Gasteiger partial charge on any atom is 0.251 e. The van der Waals surface area contributed by atoms with Crippen LogP contribution in [-0.2, 0) is 4.74 Å². The molecule has 1 N–H and O–H groups in total. The summed E-state index contributed by atoms with van der Waals surface area (Å²) < 4.78 is 16.6. The summed E-state index contributed by atoms with van der Waals surface area (Å²) in [6.07, 6.45) is 2.37. The first-order chi connectivity index (χ1) is 10.9. The van der Waals surface area contributed by atoms with Crippen LogP contribution in [0.25, 0.3) is 0 Å². The molecule has 1 aromatic rings. The Morgan fingerprint density at radius 2 is 2.00 bits per heavy atom. The van der Waals surface area contributed by atoms with Crippen molar-refractivity contribution < 1.29 is 19.0 Å². The van der Waals surface area contributed by atoms with E-state index in [0.717, 1.165) is 12.8 Å². The van der Waals surface area contributed by atoms with Gasteiger partial charge in [-0.2, -0.15) is 0 Å². The van der Waals surface area contributed by atoms with E-state index in [1.165, 1.54) is 0 Å². The minimum Gasteiger partial charge on any atom is -0.493 e. The van der Waals surface area contributed by atoms with Gasteiger partial charge in [0.05, 0.1) is 18.8 Å². The number of hydrogen-bond donors (Lipinski definition) is 1. The summed E-state index contributed by atoms with van der Waals surface area (Å²) >= 11 is 0. The van der Waals surface area contributed by atoms with Crippen molar-refractivity contribution in [2.24, 2.45) is 5.92 Å². The molecule has 5 heteroatoms. The Morgan fingerprint density at radius 1 is 1.30 bits per heavy atom. The van der Waals surface area contributed by atoms with E-state index in [9.17, 15) is 4.79 Å². The summed E-state index contributed by atoms with van der Waals surface area (Å²) in [6.45, 7) is 6.44. The number of ether oxygens (including phenoxy) is 3. The molecule has 1 amide bonds. The fourth-order valence-corrected chi connectivity index (χ4v) is 2.60. The van der Waals surface area contributed by atoms with E-state index in [-0.39, 0.29) is 17.6 Å². The minimum absolute atomic E-state index is 0.0459. The molecule has 0 aromatic heterocycles. The molecule has 2 rings (SSSR count). The zero-order valence-electron chi connectivity index (χ0n) is 14.6. The molecule has 1 aliphatic rings. The zero-order valence-corrected chi connectivity index (χ0v) is 14.6. The number of methoxy groups -OCH3 is 2. The van der Waals surface area contributed by atoms with Gasteiger partial charge in [0.2, 0.25) is 0 Å². The van der Waals surface area contributed by atoms with Crippen molar-refractivity contribution >= 4 is 5.91 Å². The molecule has 0 radical (unpaired) electrons.